The summed E-state index contributed by atoms with van der Waals surface area (Å²) in [6.45, 7) is 1.37. The number of halogens is 3. The van der Waals surface area contributed by atoms with Crippen LogP contribution >= 0.6 is 0 Å². The van der Waals surface area contributed by atoms with E-state index in [1.165, 1.54) is 12.1 Å². The summed E-state index contributed by atoms with van der Waals surface area (Å²) in [6, 6.07) is 11.6. The zero-order valence-electron chi connectivity index (χ0n) is 14.7. The molecule has 4 nitrogen and oxygen atoms in total. The third-order valence-electron chi connectivity index (χ3n) is 3.71. The van der Waals surface area contributed by atoms with Gasteiger partial charge in [-0.25, -0.2) is 0 Å². The van der Waals surface area contributed by atoms with E-state index in [0.29, 0.717) is 17.8 Å². The molecule has 0 aliphatic carbocycles. The Balaban J connectivity index is 2.10. The Labute approximate surface area is 151 Å². The molecule has 1 amide bonds. The molecular weight excluding hydrogens is 343 g/mol. The third kappa shape index (κ3) is 5.77. The van der Waals surface area contributed by atoms with Crippen LogP contribution in [0.3, 0.4) is 0 Å². The molecule has 0 saturated carbocycles. The quantitative estimate of drug-likeness (QED) is 0.725. The number of anilines is 2. The molecule has 0 atom stereocenters. The minimum absolute atomic E-state index is 0.265. The molecule has 2 aromatic carbocycles. The number of carbonyl (C=O) groups is 1. The lowest BCUT2D eigenvalue weighted by molar-refractivity contribution is -0.137. The smallest absolute Gasteiger partial charge is 0.355 e. The zero-order valence-corrected chi connectivity index (χ0v) is 14.7. The summed E-state index contributed by atoms with van der Waals surface area (Å²) in [5.41, 5.74) is 0.368. The molecule has 0 radical (unpaired) electrons. The van der Waals surface area contributed by atoms with Crippen LogP contribution in [0.2, 0.25) is 0 Å². The standard InChI is InChI=1S/C19H22F3N3O/c1-25(2)12-6-11-23-18(26)16-9-3-4-10-17(16)24-15-8-5-7-14(13-15)19(20,21)22/h3-5,7-10,13,24H,6,11-12H2,1-2H3,(H,23,26). The fourth-order valence-corrected chi connectivity index (χ4v) is 2.41. The largest absolute Gasteiger partial charge is 0.416 e. The summed E-state index contributed by atoms with van der Waals surface area (Å²) in [7, 11) is 3.91. The predicted octanol–water partition coefficient (Wildman–Crippen LogP) is 4.13. The van der Waals surface area contributed by atoms with E-state index < -0.39 is 11.7 Å². The van der Waals surface area contributed by atoms with E-state index in [-0.39, 0.29) is 11.6 Å². The van der Waals surface area contributed by atoms with Gasteiger partial charge in [-0.3, -0.25) is 4.79 Å². The topological polar surface area (TPSA) is 44.4 Å². The van der Waals surface area contributed by atoms with Crippen molar-refractivity contribution in [1.29, 1.82) is 0 Å². The van der Waals surface area contributed by atoms with Crippen molar-refractivity contribution >= 4 is 17.3 Å². The monoisotopic (exact) mass is 365 g/mol. The number of nitrogens with zero attached hydrogens (tertiary/aromatic N) is 1. The highest BCUT2D eigenvalue weighted by Crippen LogP contribution is 2.31. The molecular formula is C19H22F3N3O. The summed E-state index contributed by atoms with van der Waals surface area (Å²) in [5, 5.41) is 5.74. The van der Waals surface area contributed by atoms with E-state index in [4.69, 9.17) is 0 Å². The van der Waals surface area contributed by atoms with Crippen molar-refractivity contribution in [2.75, 3.05) is 32.5 Å². The molecule has 0 unspecified atom stereocenters. The van der Waals surface area contributed by atoms with Crippen molar-refractivity contribution in [2.24, 2.45) is 0 Å². The van der Waals surface area contributed by atoms with Gasteiger partial charge in [0, 0.05) is 12.2 Å². The van der Waals surface area contributed by atoms with E-state index in [1.54, 1.807) is 24.3 Å². The van der Waals surface area contributed by atoms with Crippen molar-refractivity contribution < 1.29 is 18.0 Å². The van der Waals surface area contributed by atoms with Gasteiger partial charge in [-0.2, -0.15) is 13.2 Å². The minimum Gasteiger partial charge on any atom is -0.355 e. The van der Waals surface area contributed by atoms with Crippen molar-refractivity contribution in [3.63, 3.8) is 0 Å². The Bertz CT molecular complexity index is 745. The van der Waals surface area contributed by atoms with Gasteiger partial charge < -0.3 is 15.5 Å². The lowest BCUT2D eigenvalue weighted by Crippen LogP contribution is -2.27. The van der Waals surface area contributed by atoms with Crippen LogP contribution in [-0.4, -0.2) is 38.0 Å². The van der Waals surface area contributed by atoms with Gasteiger partial charge in [0.15, 0.2) is 0 Å². The lowest BCUT2D eigenvalue weighted by atomic mass is 10.1. The molecule has 0 saturated heterocycles. The summed E-state index contributed by atoms with van der Waals surface area (Å²) >= 11 is 0. The Kier molecular flexibility index (Phi) is 6.63. The molecule has 140 valence electrons. The highest BCUT2D eigenvalue weighted by molar-refractivity contribution is 6.00. The van der Waals surface area contributed by atoms with Crippen LogP contribution in [0.4, 0.5) is 24.5 Å². The average molecular weight is 365 g/mol. The van der Waals surface area contributed by atoms with Crippen molar-refractivity contribution in [3.05, 3.63) is 59.7 Å². The van der Waals surface area contributed by atoms with Gasteiger partial charge in [0.2, 0.25) is 0 Å². The number of nitrogens with one attached hydrogen (secondary N) is 2. The number of hydrogen-bond donors (Lipinski definition) is 2. The summed E-state index contributed by atoms with van der Waals surface area (Å²) < 4.78 is 38.5. The first-order valence-corrected chi connectivity index (χ1v) is 8.23. The summed E-state index contributed by atoms with van der Waals surface area (Å²) in [5.74, 6) is -0.265. The van der Waals surface area contributed by atoms with Gasteiger partial charge in [-0.1, -0.05) is 18.2 Å². The maximum Gasteiger partial charge on any atom is 0.416 e. The van der Waals surface area contributed by atoms with E-state index in [0.717, 1.165) is 25.1 Å². The first kappa shape index (κ1) is 19.8. The minimum atomic E-state index is -4.42. The predicted molar refractivity (Wildman–Crippen MR) is 96.7 cm³/mol. The zero-order chi connectivity index (χ0) is 19.2. The van der Waals surface area contributed by atoms with E-state index in [2.05, 4.69) is 10.6 Å². The van der Waals surface area contributed by atoms with Crippen LogP contribution < -0.4 is 10.6 Å². The van der Waals surface area contributed by atoms with Crippen LogP contribution in [0.25, 0.3) is 0 Å². The van der Waals surface area contributed by atoms with Gasteiger partial charge in [0.25, 0.3) is 5.91 Å². The number of rotatable bonds is 7. The van der Waals surface area contributed by atoms with E-state index in [1.807, 2.05) is 19.0 Å². The maximum atomic E-state index is 12.8. The number of para-hydroxylation sites is 1. The maximum absolute atomic E-state index is 12.8. The molecule has 0 bridgehead atoms. The molecule has 0 aliphatic rings. The number of carbonyl (C=O) groups excluding carboxylic acids is 1. The molecule has 2 rings (SSSR count). The Morgan fingerprint density at radius 1 is 1.08 bits per heavy atom. The summed E-state index contributed by atoms with van der Waals surface area (Å²) in [6.07, 6.45) is -3.61. The Hall–Kier alpha value is -2.54. The third-order valence-corrected chi connectivity index (χ3v) is 3.71. The normalized spacial score (nSPS) is 11.5. The number of amides is 1. The molecule has 26 heavy (non-hydrogen) atoms. The van der Waals surface area contributed by atoms with Crippen molar-refractivity contribution in [3.8, 4) is 0 Å². The molecule has 0 aromatic heterocycles. The highest BCUT2D eigenvalue weighted by Gasteiger charge is 2.30. The summed E-state index contributed by atoms with van der Waals surface area (Å²) in [4.78, 5) is 14.4. The van der Waals surface area contributed by atoms with E-state index in [9.17, 15) is 18.0 Å². The fourth-order valence-electron chi connectivity index (χ4n) is 2.41. The van der Waals surface area contributed by atoms with Gasteiger partial charge in [-0.05, 0) is 57.4 Å². The SMILES string of the molecule is CN(C)CCCNC(=O)c1ccccc1Nc1cccc(C(F)(F)F)c1. The number of alkyl halides is 3. The lowest BCUT2D eigenvalue weighted by Gasteiger charge is -2.14. The first-order chi connectivity index (χ1) is 12.3. The van der Waals surface area contributed by atoms with Gasteiger partial charge in [0.1, 0.15) is 0 Å². The van der Waals surface area contributed by atoms with Crippen LogP contribution in [0.1, 0.15) is 22.3 Å². The van der Waals surface area contributed by atoms with Gasteiger partial charge in [0.05, 0.1) is 16.8 Å². The molecule has 0 heterocycles. The molecule has 2 N–H and O–H groups in total. The molecule has 0 aliphatic heterocycles. The molecule has 7 heteroatoms. The second-order valence-corrected chi connectivity index (χ2v) is 6.16. The molecule has 2 aromatic rings. The highest BCUT2D eigenvalue weighted by atomic mass is 19.4. The first-order valence-electron chi connectivity index (χ1n) is 8.23. The van der Waals surface area contributed by atoms with E-state index >= 15 is 0 Å². The van der Waals surface area contributed by atoms with Crippen LogP contribution in [0.15, 0.2) is 48.5 Å². The number of hydrogen-bond acceptors (Lipinski definition) is 3. The van der Waals surface area contributed by atoms with Gasteiger partial charge in [-0.15, -0.1) is 0 Å². The van der Waals surface area contributed by atoms with Crippen LogP contribution in [0, 0.1) is 0 Å². The number of benzene rings is 2. The van der Waals surface area contributed by atoms with Gasteiger partial charge >= 0.3 is 6.18 Å². The second-order valence-electron chi connectivity index (χ2n) is 6.16. The average Bonchev–Trinajstić information content (AvgIpc) is 2.58. The van der Waals surface area contributed by atoms with Crippen LogP contribution in [-0.2, 0) is 6.18 Å². The molecule has 0 spiro atoms. The van der Waals surface area contributed by atoms with Crippen LogP contribution in [0.5, 0.6) is 0 Å². The fraction of sp³-hybridized carbons (Fsp3) is 0.316. The second kappa shape index (κ2) is 8.71. The Morgan fingerprint density at radius 2 is 1.81 bits per heavy atom. The van der Waals surface area contributed by atoms with Crippen molar-refractivity contribution in [1.82, 2.24) is 10.2 Å². The molecule has 0 fully saturated rings. The Morgan fingerprint density at radius 3 is 2.50 bits per heavy atom. The van der Waals surface area contributed by atoms with Crippen molar-refractivity contribution in [2.45, 2.75) is 12.6 Å².